The number of aliphatic hydroxyl groups excluding tert-OH is 1. The summed E-state index contributed by atoms with van der Waals surface area (Å²) < 4.78 is 0. The van der Waals surface area contributed by atoms with Gasteiger partial charge in [-0.05, 0) is 6.92 Å². The van der Waals surface area contributed by atoms with Crippen LogP contribution in [0.4, 0.5) is 0 Å². The minimum Gasteiger partial charge on any atom is -0.412 e. The van der Waals surface area contributed by atoms with Gasteiger partial charge in [0.25, 0.3) is 0 Å². The predicted molar refractivity (Wildman–Crippen MR) is 60.9 cm³/mol. The van der Waals surface area contributed by atoms with Gasteiger partial charge in [0.1, 0.15) is 0 Å². The molecule has 0 atom stereocenters. The Bertz CT molecular complexity index is 91.2. The number of aliphatic hydroxyl groups is 1. The standard InChI is InChI=1S/C2H6O.Mg.2NO3.6H2O/c1-2-3;;2*2-1(3)4;;;;;;/h3H,2H2,1H3;;;;6*1H2/q;+2;2*-1;;;;;;. The first-order valence-corrected chi connectivity index (χ1v) is 2.12. The smallest absolute Gasteiger partial charge is 0.412 e. The predicted octanol–water partition coefficient (Wildman–Crippen LogP) is -5.81. The first-order chi connectivity index (χ1) is 4.88. The van der Waals surface area contributed by atoms with Crippen molar-refractivity contribution in [2.24, 2.45) is 0 Å². The van der Waals surface area contributed by atoms with Crippen molar-refractivity contribution in [3.05, 3.63) is 30.6 Å². The molecule has 0 rings (SSSR count). The zero-order chi connectivity index (χ0) is 9.86. The summed E-state index contributed by atoms with van der Waals surface area (Å²) >= 11 is 0. The van der Waals surface area contributed by atoms with Gasteiger partial charge in [-0.3, -0.25) is 0 Å². The maximum atomic E-state index is 8.25. The molecule has 0 fully saturated rings. The average Bonchev–Trinajstić information content (AvgIpc) is 1.60. The number of hydrogen-bond donors (Lipinski definition) is 1. The molecule has 0 aliphatic heterocycles. The van der Waals surface area contributed by atoms with Crippen LogP contribution in [0.15, 0.2) is 0 Å². The average molecular weight is 302 g/mol. The minimum atomic E-state index is -1.75. The molecule has 0 aromatic carbocycles. The maximum Gasteiger partial charge on any atom is 2.00 e. The fourth-order valence-electron chi connectivity index (χ4n) is 0. The molecule has 16 heteroatoms. The van der Waals surface area contributed by atoms with Crippen LogP contribution in [0.1, 0.15) is 6.92 Å². The summed E-state index contributed by atoms with van der Waals surface area (Å²) in [5.41, 5.74) is 0. The molecule has 0 bridgehead atoms. The van der Waals surface area contributed by atoms with E-state index in [2.05, 4.69) is 0 Å². The third-order valence-corrected chi connectivity index (χ3v) is 0. The Morgan fingerprint density at radius 3 is 0.778 bits per heavy atom. The molecule has 13 N–H and O–H groups in total. The Kier molecular flexibility index (Phi) is 507. The van der Waals surface area contributed by atoms with Crippen LogP contribution in [0.5, 0.6) is 0 Å². The van der Waals surface area contributed by atoms with Gasteiger partial charge >= 0.3 is 23.1 Å². The summed E-state index contributed by atoms with van der Waals surface area (Å²) in [7, 11) is 0. The molecule has 18 heavy (non-hydrogen) atoms. The molecular formula is C2H18MgN2O13. The third kappa shape index (κ3) is 2310. The summed E-state index contributed by atoms with van der Waals surface area (Å²) in [5.74, 6) is 0. The zero-order valence-corrected chi connectivity index (χ0v) is 10.6. The van der Waals surface area contributed by atoms with Gasteiger partial charge in [-0.25, -0.2) is 0 Å². The molecule has 0 aromatic heterocycles. The van der Waals surface area contributed by atoms with Gasteiger partial charge in [-0.15, -0.1) is 0 Å². The van der Waals surface area contributed by atoms with Crippen LogP contribution >= 0.6 is 0 Å². The monoisotopic (exact) mass is 302 g/mol. The van der Waals surface area contributed by atoms with Crippen molar-refractivity contribution in [3.8, 4) is 0 Å². The molecule has 0 spiro atoms. The molecule has 15 nitrogen and oxygen atoms in total. The van der Waals surface area contributed by atoms with E-state index in [4.69, 9.17) is 35.7 Å². The van der Waals surface area contributed by atoms with E-state index < -0.39 is 10.2 Å². The van der Waals surface area contributed by atoms with Crippen molar-refractivity contribution in [2.75, 3.05) is 6.61 Å². The SMILES string of the molecule is CCO.O.O.O.O.O.O.O=[N+]([O-])[O-].O=[N+]([O-])[O-].[Mg+2]. The second-order valence-corrected chi connectivity index (χ2v) is 0.763. The summed E-state index contributed by atoms with van der Waals surface area (Å²) in [6.45, 7) is 1.93. The van der Waals surface area contributed by atoms with Crippen LogP contribution < -0.4 is 0 Å². The first kappa shape index (κ1) is 89.9. The van der Waals surface area contributed by atoms with E-state index in [0.29, 0.717) is 0 Å². The van der Waals surface area contributed by atoms with Crippen LogP contribution in [-0.2, 0) is 0 Å². The van der Waals surface area contributed by atoms with Gasteiger partial charge in [0, 0.05) is 6.61 Å². The van der Waals surface area contributed by atoms with Gasteiger partial charge in [0.15, 0.2) is 0 Å². The Hall–Kier alpha value is -1.11. The number of hydrogen-bond acceptors (Lipinski definition) is 7. The van der Waals surface area contributed by atoms with Crippen LogP contribution in [0.2, 0.25) is 0 Å². The fourth-order valence-corrected chi connectivity index (χ4v) is 0. The second-order valence-electron chi connectivity index (χ2n) is 0.763. The maximum absolute atomic E-state index is 8.25. The molecule has 0 aromatic rings. The third-order valence-electron chi connectivity index (χ3n) is 0. The molecule has 0 saturated carbocycles. The van der Waals surface area contributed by atoms with Gasteiger partial charge in [-0.1, -0.05) is 0 Å². The minimum absolute atomic E-state index is 0. The van der Waals surface area contributed by atoms with E-state index in [1.54, 1.807) is 6.92 Å². The van der Waals surface area contributed by atoms with Gasteiger partial charge in [-0.2, -0.15) is 0 Å². The second kappa shape index (κ2) is 102. The number of rotatable bonds is 0. The van der Waals surface area contributed by atoms with E-state index in [-0.39, 0.29) is 62.5 Å². The summed E-state index contributed by atoms with van der Waals surface area (Å²) in [5, 5.41) is 37.1. The molecule has 0 amide bonds. The Morgan fingerprint density at radius 1 is 0.778 bits per heavy atom. The normalized spacial score (nSPS) is 3.67. The van der Waals surface area contributed by atoms with Crippen molar-refractivity contribution in [2.45, 2.75) is 6.92 Å². The Balaban J connectivity index is -0.00000000562. The largest absolute Gasteiger partial charge is 2.00 e. The van der Waals surface area contributed by atoms with Crippen molar-refractivity contribution in [3.63, 3.8) is 0 Å². The topological polar surface area (TPSA) is 342 Å². The van der Waals surface area contributed by atoms with Crippen molar-refractivity contribution in [1.29, 1.82) is 0 Å². The molecule has 0 aliphatic carbocycles. The van der Waals surface area contributed by atoms with Gasteiger partial charge in [0.2, 0.25) is 0 Å². The Labute approximate surface area is 116 Å². The van der Waals surface area contributed by atoms with E-state index in [1.807, 2.05) is 0 Å². The summed E-state index contributed by atoms with van der Waals surface area (Å²) in [6, 6.07) is 0. The Morgan fingerprint density at radius 2 is 0.778 bits per heavy atom. The van der Waals surface area contributed by atoms with E-state index in [9.17, 15) is 0 Å². The van der Waals surface area contributed by atoms with Gasteiger partial charge < -0.3 is 68.6 Å². The van der Waals surface area contributed by atoms with Crippen LogP contribution in [0.25, 0.3) is 0 Å². The zero-order valence-electron chi connectivity index (χ0n) is 9.21. The molecule has 0 saturated heterocycles. The molecule has 0 heterocycles. The fraction of sp³-hybridized carbons (Fsp3) is 1.00. The first-order valence-electron chi connectivity index (χ1n) is 2.12. The van der Waals surface area contributed by atoms with E-state index in [0.717, 1.165) is 0 Å². The molecule has 116 valence electrons. The molecule has 0 radical (unpaired) electrons. The van der Waals surface area contributed by atoms with E-state index >= 15 is 0 Å². The van der Waals surface area contributed by atoms with Crippen molar-refractivity contribution < 1.29 is 48.1 Å². The molecular weight excluding hydrogens is 284 g/mol. The number of nitrogens with zero attached hydrogens (tertiary/aromatic N) is 2. The van der Waals surface area contributed by atoms with Gasteiger partial charge in [0.05, 0.1) is 10.2 Å². The molecule has 0 aliphatic rings. The van der Waals surface area contributed by atoms with Crippen LogP contribution in [0.3, 0.4) is 0 Å². The van der Waals surface area contributed by atoms with Crippen molar-refractivity contribution in [1.82, 2.24) is 0 Å². The van der Waals surface area contributed by atoms with Crippen LogP contribution in [0, 0.1) is 30.6 Å². The molecule has 0 unspecified atom stereocenters. The van der Waals surface area contributed by atoms with E-state index in [1.165, 1.54) is 0 Å². The van der Waals surface area contributed by atoms with Crippen molar-refractivity contribution >= 4 is 23.1 Å². The quantitative estimate of drug-likeness (QED) is 0.256. The van der Waals surface area contributed by atoms with Crippen LogP contribution in [-0.4, -0.2) is 77.8 Å². The summed E-state index contributed by atoms with van der Waals surface area (Å²) in [6.07, 6.45) is 0. The summed E-state index contributed by atoms with van der Waals surface area (Å²) in [4.78, 5) is 16.5.